The molecule has 3 aromatic rings. The predicted octanol–water partition coefficient (Wildman–Crippen LogP) is 4.00. The van der Waals surface area contributed by atoms with Crippen molar-refractivity contribution < 1.29 is 18.9 Å². The van der Waals surface area contributed by atoms with Crippen molar-refractivity contribution in [2.24, 2.45) is 0 Å². The molecule has 0 saturated heterocycles. The molecule has 1 heterocycles. The molecule has 2 amide bonds. The zero-order chi connectivity index (χ0) is 19.4. The van der Waals surface area contributed by atoms with Crippen molar-refractivity contribution in [1.29, 1.82) is 0 Å². The Morgan fingerprint density at radius 1 is 0.926 bits per heavy atom. The van der Waals surface area contributed by atoms with Crippen molar-refractivity contribution in [3.05, 3.63) is 87.9 Å². The first-order chi connectivity index (χ1) is 13.0. The zero-order valence-electron chi connectivity index (χ0n) is 14.3. The number of carbonyl (C=O) groups is 2. The van der Waals surface area contributed by atoms with Crippen LogP contribution in [0, 0.1) is 17.0 Å². The van der Waals surface area contributed by atoms with E-state index in [1.807, 2.05) is 0 Å². The highest BCUT2D eigenvalue weighted by atomic mass is 16.6. The average molecular weight is 365 g/mol. The lowest BCUT2D eigenvalue weighted by Crippen LogP contribution is -2.14. The van der Waals surface area contributed by atoms with Crippen molar-refractivity contribution in [2.75, 3.05) is 10.6 Å². The molecule has 2 aromatic carbocycles. The van der Waals surface area contributed by atoms with Crippen LogP contribution in [0.1, 0.15) is 26.5 Å². The van der Waals surface area contributed by atoms with Gasteiger partial charge in [0.2, 0.25) is 0 Å². The molecule has 27 heavy (non-hydrogen) atoms. The standard InChI is InChI=1S/C19H15N3O5/c1-12-15(4-2-5-16(12)22(25)26)18(23)20-13-7-9-14(10-8-13)21-19(24)17-6-3-11-27-17/h2-11H,1H3,(H,20,23)(H,21,24). The number of amides is 2. The van der Waals surface area contributed by atoms with E-state index in [-0.39, 0.29) is 22.9 Å². The molecule has 8 heteroatoms. The summed E-state index contributed by atoms with van der Waals surface area (Å²) < 4.78 is 5.01. The second-order valence-corrected chi connectivity index (χ2v) is 5.67. The first-order valence-corrected chi connectivity index (χ1v) is 7.96. The highest BCUT2D eigenvalue weighted by Crippen LogP contribution is 2.22. The van der Waals surface area contributed by atoms with Gasteiger partial charge in [0.05, 0.1) is 11.2 Å². The SMILES string of the molecule is Cc1c(C(=O)Nc2ccc(NC(=O)c3ccco3)cc2)cccc1[N+](=O)[O-]. The summed E-state index contributed by atoms with van der Waals surface area (Å²) in [4.78, 5) is 34.8. The van der Waals surface area contributed by atoms with E-state index in [0.29, 0.717) is 16.9 Å². The Hall–Kier alpha value is -3.94. The van der Waals surface area contributed by atoms with Crippen LogP contribution in [-0.2, 0) is 0 Å². The Bertz CT molecular complexity index is 995. The van der Waals surface area contributed by atoms with Crippen LogP contribution in [0.4, 0.5) is 17.1 Å². The van der Waals surface area contributed by atoms with Gasteiger partial charge in [-0.25, -0.2) is 0 Å². The molecule has 0 aliphatic carbocycles. The van der Waals surface area contributed by atoms with E-state index in [1.54, 1.807) is 36.4 Å². The molecule has 0 radical (unpaired) electrons. The Balaban J connectivity index is 1.70. The van der Waals surface area contributed by atoms with Gasteiger partial charge in [0, 0.05) is 28.6 Å². The van der Waals surface area contributed by atoms with Crippen LogP contribution < -0.4 is 10.6 Å². The summed E-state index contributed by atoms with van der Waals surface area (Å²) in [7, 11) is 0. The molecule has 2 N–H and O–H groups in total. The third kappa shape index (κ3) is 4.01. The number of nitro benzene ring substituents is 1. The minimum Gasteiger partial charge on any atom is -0.459 e. The predicted molar refractivity (Wildman–Crippen MR) is 98.9 cm³/mol. The third-order valence-corrected chi connectivity index (χ3v) is 3.89. The maximum atomic E-state index is 12.4. The fraction of sp³-hybridized carbons (Fsp3) is 0.0526. The molecular weight excluding hydrogens is 350 g/mol. The van der Waals surface area contributed by atoms with Gasteiger partial charge in [0.25, 0.3) is 17.5 Å². The minimum absolute atomic E-state index is 0.112. The number of hydrogen-bond donors (Lipinski definition) is 2. The van der Waals surface area contributed by atoms with Crippen LogP contribution in [0.2, 0.25) is 0 Å². The Labute approximate surface area is 154 Å². The molecule has 0 unspecified atom stereocenters. The summed E-state index contributed by atoms with van der Waals surface area (Å²) in [5, 5.41) is 16.3. The van der Waals surface area contributed by atoms with Crippen LogP contribution in [0.25, 0.3) is 0 Å². The molecular formula is C19H15N3O5. The molecule has 8 nitrogen and oxygen atoms in total. The van der Waals surface area contributed by atoms with Crippen LogP contribution in [0.15, 0.2) is 65.3 Å². The van der Waals surface area contributed by atoms with Crippen LogP contribution in [-0.4, -0.2) is 16.7 Å². The molecule has 136 valence electrons. The van der Waals surface area contributed by atoms with E-state index in [4.69, 9.17) is 4.42 Å². The van der Waals surface area contributed by atoms with E-state index in [9.17, 15) is 19.7 Å². The van der Waals surface area contributed by atoms with E-state index in [2.05, 4.69) is 10.6 Å². The zero-order valence-corrected chi connectivity index (χ0v) is 14.3. The van der Waals surface area contributed by atoms with Crippen LogP contribution in [0.3, 0.4) is 0 Å². The summed E-state index contributed by atoms with van der Waals surface area (Å²) >= 11 is 0. The number of hydrogen-bond acceptors (Lipinski definition) is 5. The van der Waals surface area contributed by atoms with Crippen molar-refractivity contribution in [3.8, 4) is 0 Å². The first-order valence-electron chi connectivity index (χ1n) is 7.96. The lowest BCUT2D eigenvalue weighted by Gasteiger charge is -2.09. The molecule has 0 bridgehead atoms. The monoisotopic (exact) mass is 365 g/mol. The lowest BCUT2D eigenvalue weighted by atomic mass is 10.1. The van der Waals surface area contributed by atoms with Crippen LogP contribution >= 0.6 is 0 Å². The number of benzene rings is 2. The van der Waals surface area contributed by atoms with Gasteiger partial charge in [-0.05, 0) is 49.4 Å². The van der Waals surface area contributed by atoms with Gasteiger partial charge >= 0.3 is 0 Å². The molecule has 0 aliphatic rings. The summed E-state index contributed by atoms with van der Waals surface area (Å²) in [6.45, 7) is 1.53. The largest absolute Gasteiger partial charge is 0.459 e. The van der Waals surface area contributed by atoms with Gasteiger partial charge in [-0.15, -0.1) is 0 Å². The van der Waals surface area contributed by atoms with Gasteiger partial charge in [0.15, 0.2) is 5.76 Å². The Morgan fingerprint density at radius 2 is 1.56 bits per heavy atom. The number of carbonyl (C=O) groups excluding carboxylic acids is 2. The second kappa shape index (κ2) is 7.52. The van der Waals surface area contributed by atoms with Crippen molar-refractivity contribution >= 4 is 28.9 Å². The second-order valence-electron chi connectivity index (χ2n) is 5.67. The number of nitrogens with zero attached hydrogens (tertiary/aromatic N) is 1. The molecule has 1 aromatic heterocycles. The fourth-order valence-electron chi connectivity index (χ4n) is 2.50. The quantitative estimate of drug-likeness (QED) is 0.524. The van der Waals surface area contributed by atoms with E-state index >= 15 is 0 Å². The van der Waals surface area contributed by atoms with Crippen LogP contribution in [0.5, 0.6) is 0 Å². The Kier molecular flexibility index (Phi) is 4.98. The number of nitrogens with one attached hydrogen (secondary N) is 2. The average Bonchev–Trinajstić information content (AvgIpc) is 3.18. The number of anilines is 2. The van der Waals surface area contributed by atoms with Crippen molar-refractivity contribution in [1.82, 2.24) is 0 Å². The van der Waals surface area contributed by atoms with E-state index in [0.717, 1.165) is 0 Å². The van der Waals surface area contributed by atoms with E-state index in [1.165, 1.54) is 31.4 Å². The van der Waals surface area contributed by atoms with Gasteiger partial charge in [-0.3, -0.25) is 19.7 Å². The van der Waals surface area contributed by atoms with Gasteiger partial charge in [0.1, 0.15) is 0 Å². The highest BCUT2D eigenvalue weighted by molar-refractivity contribution is 6.06. The number of rotatable bonds is 5. The van der Waals surface area contributed by atoms with Gasteiger partial charge in [-0.1, -0.05) is 6.07 Å². The third-order valence-electron chi connectivity index (χ3n) is 3.89. The summed E-state index contributed by atoms with van der Waals surface area (Å²) in [5.74, 6) is -0.652. The molecule has 0 fully saturated rings. The van der Waals surface area contributed by atoms with Crippen molar-refractivity contribution in [2.45, 2.75) is 6.92 Å². The summed E-state index contributed by atoms with van der Waals surface area (Å²) in [6.07, 6.45) is 1.41. The summed E-state index contributed by atoms with van der Waals surface area (Å²) in [6, 6.07) is 14.0. The molecule has 0 atom stereocenters. The maximum Gasteiger partial charge on any atom is 0.291 e. The molecule has 0 aliphatic heterocycles. The lowest BCUT2D eigenvalue weighted by molar-refractivity contribution is -0.385. The minimum atomic E-state index is -0.525. The normalized spacial score (nSPS) is 10.3. The van der Waals surface area contributed by atoms with Gasteiger partial charge in [-0.2, -0.15) is 0 Å². The first kappa shape index (κ1) is 17.9. The van der Waals surface area contributed by atoms with E-state index < -0.39 is 10.8 Å². The van der Waals surface area contributed by atoms with Crippen molar-refractivity contribution in [3.63, 3.8) is 0 Å². The maximum absolute atomic E-state index is 12.4. The Morgan fingerprint density at radius 3 is 2.11 bits per heavy atom. The highest BCUT2D eigenvalue weighted by Gasteiger charge is 2.18. The molecule has 0 spiro atoms. The fourth-order valence-corrected chi connectivity index (χ4v) is 2.50. The summed E-state index contributed by atoms with van der Waals surface area (Å²) in [5.41, 5.74) is 1.42. The molecule has 0 saturated carbocycles. The smallest absolute Gasteiger partial charge is 0.291 e. The number of furan rings is 1. The number of nitro groups is 1. The molecule has 3 rings (SSSR count). The topological polar surface area (TPSA) is 114 Å². The van der Waals surface area contributed by atoms with Gasteiger partial charge < -0.3 is 15.1 Å².